The van der Waals surface area contributed by atoms with Crippen LogP contribution in [-0.4, -0.2) is 32.0 Å². The molecule has 1 N–H and O–H groups in total. The number of benzene rings is 3. The van der Waals surface area contributed by atoms with Crippen LogP contribution in [0.2, 0.25) is 0 Å². The zero-order valence-electron chi connectivity index (χ0n) is 19.0. The predicted octanol–water partition coefficient (Wildman–Crippen LogP) is 5.36. The monoisotopic (exact) mass is 450 g/mol. The lowest BCUT2D eigenvalue weighted by Gasteiger charge is -2.21. The molecule has 0 radical (unpaired) electrons. The second kappa shape index (κ2) is 10.5. The van der Waals surface area contributed by atoms with Gasteiger partial charge in [0, 0.05) is 23.7 Å². The molecule has 3 aromatic rings. The Hall–Kier alpha value is -4.07. The summed E-state index contributed by atoms with van der Waals surface area (Å²) in [6.45, 7) is 1.97. The van der Waals surface area contributed by atoms with Crippen molar-refractivity contribution in [3.8, 4) is 17.2 Å². The third-order valence-electron chi connectivity index (χ3n) is 5.26. The van der Waals surface area contributed by atoms with E-state index in [0.29, 0.717) is 22.6 Å². The lowest BCUT2D eigenvalue weighted by atomic mass is 9.96. The molecule has 0 aliphatic carbocycles. The number of nitrogens with one attached hydrogen (secondary N) is 1. The van der Waals surface area contributed by atoms with Crippen LogP contribution < -0.4 is 19.5 Å². The fourth-order valence-corrected chi connectivity index (χ4v) is 3.57. The Balaban J connectivity index is 1.98. The second-order valence-corrected chi connectivity index (χ2v) is 7.45. The van der Waals surface area contributed by atoms with Crippen LogP contribution in [0.4, 0.5) is 11.4 Å². The molecule has 3 aromatic carbocycles. The first-order valence-electron chi connectivity index (χ1n) is 10.3. The van der Waals surface area contributed by atoms with Crippen molar-refractivity contribution in [2.45, 2.75) is 19.4 Å². The Labute approximate surface area is 192 Å². The van der Waals surface area contributed by atoms with E-state index in [9.17, 15) is 14.9 Å². The molecule has 1 atom stereocenters. The molecule has 0 bridgehead atoms. The topological polar surface area (TPSA) is 99.9 Å². The smallest absolute Gasteiger partial charge is 0.311 e. The van der Waals surface area contributed by atoms with Gasteiger partial charge in [-0.1, -0.05) is 18.2 Å². The van der Waals surface area contributed by atoms with E-state index in [4.69, 9.17) is 14.2 Å². The average molecular weight is 450 g/mol. The van der Waals surface area contributed by atoms with Crippen LogP contribution in [-0.2, 0) is 0 Å². The van der Waals surface area contributed by atoms with Crippen molar-refractivity contribution in [2.24, 2.45) is 0 Å². The fourth-order valence-electron chi connectivity index (χ4n) is 3.57. The highest BCUT2D eigenvalue weighted by atomic mass is 16.6. The highest BCUT2D eigenvalue weighted by molar-refractivity contribution is 5.97. The maximum Gasteiger partial charge on any atom is 0.311 e. The lowest BCUT2D eigenvalue weighted by Crippen LogP contribution is -2.16. The summed E-state index contributed by atoms with van der Waals surface area (Å²) in [5.41, 5.74) is 2.73. The molecule has 0 saturated heterocycles. The first kappa shape index (κ1) is 23.6. The van der Waals surface area contributed by atoms with Gasteiger partial charge in [-0.2, -0.15) is 0 Å². The summed E-state index contributed by atoms with van der Waals surface area (Å²) in [5.74, 6) is 0.977. The molecule has 0 aromatic heterocycles. The minimum absolute atomic E-state index is 0.0624. The number of aryl methyl sites for hydroxylation is 1. The molecule has 0 aliphatic heterocycles. The van der Waals surface area contributed by atoms with Crippen LogP contribution in [0.25, 0.3) is 0 Å². The molecule has 0 heterocycles. The molecular formula is C25H26N2O6. The molecule has 0 amide bonds. The van der Waals surface area contributed by atoms with Crippen molar-refractivity contribution in [3.63, 3.8) is 0 Å². The summed E-state index contributed by atoms with van der Waals surface area (Å²) in [4.78, 5) is 24.2. The number of ketones is 1. The molecule has 8 heteroatoms. The van der Waals surface area contributed by atoms with Crippen LogP contribution in [0.1, 0.15) is 33.9 Å². The molecular weight excluding hydrogens is 424 g/mol. The van der Waals surface area contributed by atoms with Crippen LogP contribution >= 0.6 is 0 Å². The molecule has 1 unspecified atom stereocenters. The zero-order valence-corrected chi connectivity index (χ0v) is 19.0. The van der Waals surface area contributed by atoms with Gasteiger partial charge in [-0.3, -0.25) is 14.9 Å². The van der Waals surface area contributed by atoms with E-state index in [2.05, 4.69) is 5.32 Å². The van der Waals surface area contributed by atoms with E-state index in [1.165, 1.54) is 27.4 Å². The number of nitrogens with zero attached hydrogens (tertiary/aromatic N) is 1. The molecule has 0 saturated carbocycles. The summed E-state index contributed by atoms with van der Waals surface area (Å²) in [5, 5.41) is 14.9. The van der Waals surface area contributed by atoms with Gasteiger partial charge in [0.1, 0.15) is 0 Å². The maximum absolute atomic E-state index is 13.2. The number of ether oxygens (including phenoxy) is 3. The van der Waals surface area contributed by atoms with Gasteiger partial charge in [0.25, 0.3) is 0 Å². The van der Waals surface area contributed by atoms with Gasteiger partial charge in [0.05, 0.1) is 32.3 Å². The maximum atomic E-state index is 13.2. The van der Waals surface area contributed by atoms with Crippen LogP contribution in [0.5, 0.6) is 17.2 Å². The molecule has 8 nitrogen and oxygen atoms in total. The largest absolute Gasteiger partial charge is 0.493 e. The zero-order chi connectivity index (χ0) is 24.0. The number of rotatable bonds is 10. The normalized spacial score (nSPS) is 11.4. The number of methoxy groups -OCH3 is 3. The fraction of sp³-hybridized carbons (Fsp3) is 0.240. The van der Waals surface area contributed by atoms with Crippen LogP contribution in [0.3, 0.4) is 0 Å². The SMILES string of the molecule is COc1ccc(C(=O)CC(Nc2cccc(C)c2)c2ccc(OC)c([N+](=O)[O-])c2)cc1OC. The number of hydrogen-bond donors (Lipinski definition) is 1. The van der Waals surface area contributed by atoms with E-state index >= 15 is 0 Å². The van der Waals surface area contributed by atoms with E-state index in [1.807, 2.05) is 31.2 Å². The van der Waals surface area contributed by atoms with E-state index in [1.54, 1.807) is 30.3 Å². The molecule has 172 valence electrons. The highest BCUT2D eigenvalue weighted by Gasteiger charge is 2.23. The first-order valence-corrected chi connectivity index (χ1v) is 10.3. The van der Waals surface area contributed by atoms with Gasteiger partial charge < -0.3 is 19.5 Å². The molecule has 0 fully saturated rings. The van der Waals surface area contributed by atoms with Crippen LogP contribution in [0.15, 0.2) is 60.7 Å². The van der Waals surface area contributed by atoms with Gasteiger partial charge in [-0.15, -0.1) is 0 Å². The number of anilines is 1. The average Bonchev–Trinajstić information content (AvgIpc) is 2.82. The summed E-state index contributed by atoms with van der Waals surface area (Å²) >= 11 is 0. The number of carbonyl (C=O) groups is 1. The number of carbonyl (C=O) groups excluding carboxylic acids is 1. The number of Topliss-reactive ketones (excluding diaryl/α,β-unsaturated/α-hetero) is 1. The number of nitro groups is 1. The van der Waals surface area contributed by atoms with Crippen molar-refractivity contribution < 1.29 is 23.9 Å². The van der Waals surface area contributed by atoms with Crippen molar-refractivity contribution in [3.05, 3.63) is 87.5 Å². The van der Waals surface area contributed by atoms with Crippen LogP contribution in [0, 0.1) is 17.0 Å². The van der Waals surface area contributed by atoms with Gasteiger partial charge in [-0.25, -0.2) is 0 Å². The standard InChI is InChI=1S/C25H26N2O6/c1-16-6-5-7-19(12-16)26-20(17-8-10-23(31-2)21(13-17)27(29)30)15-22(28)18-9-11-24(32-3)25(14-18)33-4/h5-14,20,26H,15H2,1-4H3. The van der Waals surface area contributed by atoms with Gasteiger partial charge in [0.2, 0.25) is 0 Å². The third kappa shape index (κ3) is 5.60. The van der Waals surface area contributed by atoms with E-state index in [0.717, 1.165) is 11.3 Å². The minimum atomic E-state index is -0.517. The highest BCUT2D eigenvalue weighted by Crippen LogP contribution is 2.34. The van der Waals surface area contributed by atoms with Crippen molar-refractivity contribution in [1.82, 2.24) is 0 Å². The first-order chi connectivity index (χ1) is 15.9. The summed E-state index contributed by atoms with van der Waals surface area (Å²) < 4.78 is 15.7. The van der Waals surface area contributed by atoms with Crippen molar-refractivity contribution in [2.75, 3.05) is 26.6 Å². The summed E-state index contributed by atoms with van der Waals surface area (Å²) in [7, 11) is 4.41. The van der Waals surface area contributed by atoms with Crippen molar-refractivity contribution >= 4 is 17.2 Å². The Morgan fingerprint density at radius 3 is 2.27 bits per heavy atom. The number of hydrogen-bond acceptors (Lipinski definition) is 7. The quantitative estimate of drug-likeness (QED) is 0.252. The molecule has 33 heavy (non-hydrogen) atoms. The Bertz CT molecular complexity index is 1160. The Morgan fingerprint density at radius 2 is 1.64 bits per heavy atom. The lowest BCUT2D eigenvalue weighted by molar-refractivity contribution is -0.385. The number of nitro benzene ring substituents is 1. The van der Waals surface area contributed by atoms with E-state index < -0.39 is 11.0 Å². The second-order valence-electron chi connectivity index (χ2n) is 7.45. The van der Waals surface area contributed by atoms with E-state index in [-0.39, 0.29) is 23.6 Å². The summed E-state index contributed by atoms with van der Waals surface area (Å²) in [6.07, 6.45) is 0.0624. The predicted molar refractivity (Wildman–Crippen MR) is 126 cm³/mol. The molecule has 0 aliphatic rings. The van der Waals surface area contributed by atoms with Gasteiger partial charge in [0.15, 0.2) is 23.0 Å². The van der Waals surface area contributed by atoms with Crippen molar-refractivity contribution in [1.29, 1.82) is 0 Å². The molecule has 0 spiro atoms. The minimum Gasteiger partial charge on any atom is -0.493 e. The van der Waals surface area contributed by atoms with Gasteiger partial charge in [-0.05, 0) is 54.4 Å². The molecule has 3 rings (SSSR count). The third-order valence-corrected chi connectivity index (χ3v) is 5.26. The van der Waals surface area contributed by atoms with Gasteiger partial charge >= 0.3 is 5.69 Å². The summed E-state index contributed by atoms with van der Waals surface area (Å²) in [6, 6.07) is 16.9. The Kier molecular flexibility index (Phi) is 7.50. The Morgan fingerprint density at radius 1 is 0.939 bits per heavy atom.